The molecule has 1 amide bonds. The fraction of sp³-hybridized carbons (Fsp3) is 0.455. The number of likely N-dealkylation sites (tertiary alicyclic amines) is 1. The van der Waals surface area contributed by atoms with E-state index in [1.165, 1.54) is 0 Å². The first kappa shape index (κ1) is 22.9. The van der Waals surface area contributed by atoms with E-state index in [1.807, 2.05) is 25.1 Å². The van der Waals surface area contributed by atoms with Gasteiger partial charge in [-0.3, -0.25) is 4.79 Å². The van der Waals surface area contributed by atoms with Crippen molar-refractivity contribution in [3.8, 4) is 17.3 Å². The molecule has 0 spiro atoms. The lowest BCUT2D eigenvalue weighted by Gasteiger charge is -2.33. The number of hydrogen-bond donors (Lipinski definition) is 2. The number of hydrogen-bond acceptors (Lipinski definition) is 8. The molecule has 0 aliphatic carbocycles. The normalized spacial score (nSPS) is 16.2. The highest BCUT2D eigenvalue weighted by Gasteiger charge is 2.26. The predicted octanol–water partition coefficient (Wildman–Crippen LogP) is 1.74. The van der Waals surface area contributed by atoms with E-state index in [4.69, 9.17) is 14.6 Å². The van der Waals surface area contributed by atoms with Crippen molar-refractivity contribution in [1.29, 1.82) is 0 Å². The zero-order chi connectivity index (χ0) is 23.2. The number of carbonyl (C=O) groups excluding carboxylic acids is 1. The van der Waals surface area contributed by atoms with Crippen LogP contribution in [0.3, 0.4) is 0 Å². The lowest BCUT2D eigenvalue weighted by Crippen LogP contribution is -2.46. The molecular weight excluding hydrogens is 431 g/mol. The molecule has 0 saturated carbocycles. The summed E-state index contributed by atoms with van der Waals surface area (Å²) in [5.74, 6) is -0.985. The zero-order valence-electron chi connectivity index (χ0n) is 18.4. The molecule has 1 aliphatic heterocycles. The first-order chi connectivity index (χ1) is 16.1. The van der Waals surface area contributed by atoms with Crippen LogP contribution in [0, 0.1) is 5.82 Å². The molecule has 33 heavy (non-hydrogen) atoms. The molecule has 0 unspecified atom stereocenters. The maximum Gasteiger partial charge on any atom is 0.256 e. The Morgan fingerprint density at radius 2 is 2.21 bits per heavy atom. The fourth-order valence-electron chi connectivity index (χ4n) is 3.80. The maximum atomic E-state index is 15.3. The Labute approximate surface area is 190 Å². The van der Waals surface area contributed by atoms with Crippen molar-refractivity contribution < 1.29 is 23.8 Å². The lowest BCUT2D eigenvalue weighted by atomic mass is 10.1. The Hall–Kier alpha value is -3.31. The molecule has 0 aromatic carbocycles. The van der Waals surface area contributed by atoms with Gasteiger partial charge in [0, 0.05) is 31.9 Å². The minimum atomic E-state index is -0.711. The third-order valence-electron chi connectivity index (χ3n) is 5.41. The summed E-state index contributed by atoms with van der Waals surface area (Å²) in [6.45, 7) is 3.18. The number of nitrogens with zero attached hydrogens (tertiary/aromatic N) is 5. The Balaban J connectivity index is 1.65. The van der Waals surface area contributed by atoms with Crippen LogP contribution in [0.2, 0.25) is 0 Å². The monoisotopic (exact) mass is 458 g/mol. The molecule has 0 bridgehead atoms. The second-order valence-electron chi connectivity index (χ2n) is 7.63. The van der Waals surface area contributed by atoms with E-state index >= 15 is 4.39 Å². The van der Waals surface area contributed by atoms with Crippen LogP contribution in [-0.4, -0.2) is 81.1 Å². The van der Waals surface area contributed by atoms with E-state index in [0.717, 1.165) is 18.4 Å². The van der Waals surface area contributed by atoms with Crippen LogP contribution in [0.1, 0.15) is 19.8 Å². The summed E-state index contributed by atoms with van der Waals surface area (Å²) in [6, 6.07) is 5.37. The second-order valence-corrected chi connectivity index (χ2v) is 7.63. The quantitative estimate of drug-likeness (QED) is 0.466. The Bertz CT molecular complexity index is 1110. The van der Waals surface area contributed by atoms with Crippen LogP contribution in [0.4, 0.5) is 10.2 Å². The summed E-state index contributed by atoms with van der Waals surface area (Å²) in [6.07, 6.45) is 4.88. The summed E-state index contributed by atoms with van der Waals surface area (Å²) in [4.78, 5) is 22.2. The van der Waals surface area contributed by atoms with Crippen molar-refractivity contribution in [2.24, 2.45) is 0 Å². The number of nitrogens with one attached hydrogen (secondary N) is 1. The molecule has 1 fully saturated rings. The van der Waals surface area contributed by atoms with Gasteiger partial charge >= 0.3 is 0 Å². The molecule has 1 saturated heterocycles. The zero-order valence-corrected chi connectivity index (χ0v) is 18.4. The van der Waals surface area contributed by atoms with Gasteiger partial charge in [-0.15, -0.1) is 0 Å². The Kier molecular flexibility index (Phi) is 7.30. The Morgan fingerprint density at radius 3 is 3.03 bits per heavy atom. The molecule has 0 radical (unpaired) electrons. The number of amides is 1. The summed E-state index contributed by atoms with van der Waals surface area (Å²) in [5, 5.41) is 16.6. The van der Waals surface area contributed by atoms with E-state index in [1.54, 1.807) is 21.8 Å². The molecule has 2 N–H and O–H groups in total. The number of piperidine rings is 1. The van der Waals surface area contributed by atoms with Gasteiger partial charge in [0.25, 0.3) is 5.88 Å². The molecular formula is C22H27FN6O4. The van der Waals surface area contributed by atoms with Gasteiger partial charge in [-0.05, 0) is 31.9 Å². The Morgan fingerprint density at radius 1 is 1.33 bits per heavy atom. The number of fused-ring (bicyclic) bond motifs is 1. The van der Waals surface area contributed by atoms with Gasteiger partial charge in [-0.1, -0.05) is 6.07 Å². The molecule has 4 heterocycles. The molecule has 1 aliphatic rings. The molecule has 10 nitrogen and oxygen atoms in total. The SMILES string of the molecule is CCOCCOc1nc(-c2cnn3ccccc23)nc(N[C@@H]2CCCN(C(=O)CO)C2)c1F. The number of ether oxygens (including phenoxy) is 2. The molecule has 3 aromatic rings. The highest BCUT2D eigenvalue weighted by atomic mass is 19.1. The first-order valence-electron chi connectivity index (χ1n) is 11.0. The minimum absolute atomic E-state index is 0.00927. The standard InChI is InChI=1S/C22H27FN6O4/c1-2-32-10-11-33-22-19(23)21(25-15-6-5-8-28(13-15)18(31)14-30)26-20(27-22)16-12-24-29-9-4-3-7-17(16)29/h3-4,7,9,12,15,30H,2,5-6,8,10-11,13-14H2,1H3,(H,25,26,27)/t15-/m1/s1. The van der Waals surface area contributed by atoms with Gasteiger partial charge < -0.3 is 24.8 Å². The molecule has 1 atom stereocenters. The van der Waals surface area contributed by atoms with Crippen LogP contribution in [0.15, 0.2) is 30.6 Å². The number of aromatic nitrogens is 4. The van der Waals surface area contributed by atoms with Gasteiger partial charge in [-0.25, -0.2) is 9.50 Å². The number of halogens is 1. The number of aliphatic hydroxyl groups is 1. The second kappa shape index (κ2) is 10.5. The molecule has 3 aromatic heterocycles. The number of anilines is 1. The van der Waals surface area contributed by atoms with Crippen LogP contribution in [0.5, 0.6) is 5.88 Å². The van der Waals surface area contributed by atoms with Crippen LogP contribution in [-0.2, 0) is 9.53 Å². The summed E-state index contributed by atoms with van der Waals surface area (Å²) in [5.41, 5.74) is 1.40. The van der Waals surface area contributed by atoms with Crippen molar-refractivity contribution in [3.05, 3.63) is 36.4 Å². The topological polar surface area (TPSA) is 114 Å². The highest BCUT2D eigenvalue weighted by molar-refractivity contribution is 5.77. The van der Waals surface area contributed by atoms with E-state index in [-0.39, 0.29) is 36.1 Å². The van der Waals surface area contributed by atoms with Crippen molar-refractivity contribution in [2.45, 2.75) is 25.8 Å². The van der Waals surface area contributed by atoms with Gasteiger partial charge in [0.2, 0.25) is 11.7 Å². The minimum Gasteiger partial charge on any atom is -0.473 e. The average Bonchev–Trinajstić information content (AvgIpc) is 3.28. The van der Waals surface area contributed by atoms with Crippen molar-refractivity contribution >= 4 is 17.2 Å². The smallest absolute Gasteiger partial charge is 0.256 e. The third-order valence-corrected chi connectivity index (χ3v) is 5.41. The number of rotatable bonds is 9. The van der Waals surface area contributed by atoms with Gasteiger partial charge in [0.05, 0.1) is 23.9 Å². The average molecular weight is 458 g/mol. The summed E-state index contributed by atoms with van der Waals surface area (Å²) < 4.78 is 27.8. The maximum absolute atomic E-state index is 15.3. The van der Waals surface area contributed by atoms with E-state index in [0.29, 0.717) is 31.9 Å². The van der Waals surface area contributed by atoms with E-state index < -0.39 is 12.4 Å². The fourth-order valence-corrected chi connectivity index (χ4v) is 3.80. The largest absolute Gasteiger partial charge is 0.473 e. The van der Waals surface area contributed by atoms with Crippen molar-refractivity contribution in [1.82, 2.24) is 24.5 Å². The third kappa shape index (κ3) is 5.20. The van der Waals surface area contributed by atoms with Crippen LogP contribution < -0.4 is 10.1 Å². The van der Waals surface area contributed by atoms with Crippen LogP contribution >= 0.6 is 0 Å². The number of carbonyl (C=O) groups is 1. The van der Waals surface area contributed by atoms with E-state index in [9.17, 15) is 4.79 Å². The molecule has 11 heteroatoms. The van der Waals surface area contributed by atoms with Crippen LogP contribution in [0.25, 0.3) is 16.9 Å². The van der Waals surface area contributed by atoms with Crippen molar-refractivity contribution in [3.63, 3.8) is 0 Å². The van der Waals surface area contributed by atoms with Crippen molar-refractivity contribution in [2.75, 3.05) is 44.8 Å². The van der Waals surface area contributed by atoms with Gasteiger partial charge in [0.1, 0.15) is 13.2 Å². The van der Waals surface area contributed by atoms with Gasteiger partial charge in [0.15, 0.2) is 11.6 Å². The predicted molar refractivity (Wildman–Crippen MR) is 118 cm³/mol. The summed E-state index contributed by atoms with van der Waals surface area (Å²) >= 11 is 0. The van der Waals surface area contributed by atoms with E-state index in [2.05, 4.69) is 20.4 Å². The highest BCUT2D eigenvalue weighted by Crippen LogP contribution is 2.29. The number of aliphatic hydroxyl groups excluding tert-OH is 1. The molecule has 4 rings (SSSR count). The lowest BCUT2D eigenvalue weighted by molar-refractivity contribution is -0.135. The summed E-state index contributed by atoms with van der Waals surface area (Å²) in [7, 11) is 0. The molecule has 176 valence electrons. The van der Waals surface area contributed by atoms with Gasteiger partial charge in [-0.2, -0.15) is 14.5 Å². The first-order valence-corrected chi connectivity index (χ1v) is 11.0. The number of pyridine rings is 1.